The topological polar surface area (TPSA) is 73.9 Å². The standard InChI is InChI=1S/C31H31NO5S2/c1-18-15-31(3,4)32-25-10-9-22(24(28(18)25)16-36-30(34)27-11-6-19(2)39-27)23-8-7-21(14-26(23)35-5)37-29(33)20-12-13-38-17-20/h7-15,17,19,32H,6,16H2,1-5H3. The van der Waals surface area contributed by atoms with E-state index in [9.17, 15) is 9.59 Å². The van der Waals surface area contributed by atoms with Crippen LogP contribution in [0.15, 0.2) is 64.2 Å². The minimum atomic E-state index is -0.421. The van der Waals surface area contributed by atoms with Gasteiger partial charge in [0.05, 0.1) is 23.1 Å². The summed E-state index contributed by atoms with van der Waals surface area (Å²) in [5, 5.41) is 7.55. The van der Waals surface area contributed by atoms with Crippen molar-refractivity contribution in [3.8, 4) is 22.6 Å². The lowest BCUT2D eigenvalue weighted by Gasteiger charge is -2.33. The van der Waals surface area contributed by atoms with Gasteiger partial charge in [0.25, 0.3) is 0 Å². The summed E-state index contributed by atoms with van der Waals surface area (Å²) >= 11 is 2.99. The van der Waals surface area contributed by atoms with Gasteiger partial charge in [0.15, 0.2) is 0 Å². The number of allylic oxidation sites excluding steroid dienone is 2. The molecule has 0 bridgehead atoms. The van der Waals surface area contributed by atoms with Gasteiger partial charge in [-0.05, 0) is 68.0 Å². The first-order valence-electron chi connectivity index (χ1n) is 12.8. The van der Waals surface area contributed by atoms with E-state index in [1.165, 1.54) is 11.3 Å². The van der Waals surface area contributed by atoms with Gasteiger partial charge in [-0.25, -0.2) is 9.59 Å². The molecule has 6 nitrogen and oxygen atoms in total. The van der Waals surface area contributed by atoms with E-state index >= 15 is 0 Å². The van der Waals surface area contributed by atoms with Crippen molar-refractivity contribution in [1.82, 2.24) is 0 Å². The molecule has 202 valence electrons. The van der Waals surface area contributed by atoms with Crippen LogP contribution in [-0.4, -0.2) is 29.8 Å². The average molecular weight is 562 g/mol. The van der Waals surface area contributed by atoms with Crippen molar-refractivity contribution in [1.29, 1.82) is 0 Å². The second kappa shape index (κ2) is 10.9. The van der Waals surface area contributed by atoms with E-state index in [2.05, 4.69) is 45.2 Å². The Morgan fingerprint density at radius 3 is 2.59 bits per heavy atom. The van der Waals surface area contributed by atoms with Gasteiger partial charge in [0, 0.05) is 39.1 Å². The highest BCUT2D eigenvalue weighted by atomic mass is 32.2. The maximum absolute atomic E-state index is 12.9. The minimum absolute atomic E-state index is 0.106. The first kappa shape index (κ1) is 27.1. The first-order chi connectivity index (χ1) is 18.6. The summed E-state index contributed by atoms with van der Waals surface area (Å²) in [7, 11) is 1.58. The van der Waals surface area contributed by atoms with Crippen molar-refractivity contribution in [2.24, 2.45) is 0 Å². The highest BCUT2D eigenvalue weighted by Gasteiger charge is 2.28. The number of benzene rings is 2. The van der Waals surface area contributed by atoms with Crippen molar-refractivity contribution in [2.75, 3.05) is 12.4 Å². The molecule has 1 aromatic heterocycles. The highest BCUT2D eigenvalue weighted by molar-refractivity contribution is 8.04. The molecule has 1 N–H and O–H groups in total. The van der Waals surface area contributed by atoms with Crippen LogP contribution >= 0.6 is 23.1 Å². The lowest BCUT2D eigenvalue weighted by atomic mass is 9.85. The summed E-state index contributed by atoms with van der Waals surface area (Å²) in [5.41, 5.74) is 5.96. The van der Waals surface area contributed by atoms with E-state index in [0.717, 1.165) is 39.9 Å². The van der Waals surface area contributed by atoms with Crippen LogP contribution in [0.3, 0.4) is 0 Å². The molecule has 2 aliphatic heterocycles. The molecule has 3 aromatic rings. The van der Waals surface area contributed by atoms with E-state index in [0.29, 0.717) is 27.2 Å². The molecule has 0 aliphatic carbocycles. The number of carbonyl (C=O) groups is 2. The molecule has 2 aliphatic rings. The number of hydrogen-bond donors (Lipinski definition) is 1. The smallest absolute Gasteiger partial charge is 0.344 e. The van der Waals surface area contributed by atoms with Crippen molar-refractivity contribution in [3.63, 3.8) is 0 Å². The Labute approximate surface area is 237 Å². The molecule has 5 rings (SSSR count). The van der Waals surface area contributed by atoms with Crippen LogP contribution in [-0.2, 0) is 16.1 Å². The van der Waals surface area contributed by atoms with Crippen molar-refractivity contribution in [2.45, 2.75) is 51.5 Å². The van der Waals surface area contributed by atoms with Gasteiger partial charge >= 0.3 is 11.9 Å². The highest BCUT2D eigenvalue weighted by Crippen LogP contribution is 2.44. The number of carbonyl (C=O) groups excluding carboxylic acids is 2. The number of rotatable bonds is 7. The van der Waals surface area contributed by atoms with Gasteiger partial charge in [-0.1, -0.05) is 25.1 Å². The molecule has 0 saturated heterocycles. The third-order valence-corrected chi connectivity index (χ3v) is 8.55. The lowest BCUT2D eigenvalue weighted by molar-refractivity contribution is -0.139. The molecule has 0 fully saturated rings. The zero-order valence-corrected chi connectivity index (χ0v) is 24.3. The summed E-state index contributed by atoms with van der Waals surface area (Å²) in [6.45, 7) is 8.53. The zero-order valence-electron chi connectivity index (χ0n) is 22.6. The maximum atomic E-state index is 12.9. The van der Waals surface area contributed by atoms with Gasteiger partial charge < -0.3 is 19.5 Å². The molecular formula is C31H31NO5S2. The second-order valence-corrected chi connectivity index (χ2v) is 12.5. The number of thiophene rings is 1. The normalized spacial score (nSPS) is 17.4. The summed E-state index contributed by atoms with van der Waals surface area (Å²) < 4.78 is 17.2. The first-order valence-corrected chi connectivity index (χ1v) is 14.6. The van der Waals surface area contributed by atoms with Crippen LogP contribution in [0.25, 0.3) is 16.7 Å². The molecule has 0 radical (unpaired) electrons. The molecular weight excluding hydrogens is 530 g/mol. The second-order valence-electron chi connectivity index (χ2n) is 10.3. The van der Waals surface area contributed by atoms with Crippen molar-refractivity contribution >= 4 is 46.3 Å². The summed E-state index contributed by atoms with van der Waals surface area (Å²) in [6.07, 6.45) is 5.00. The SMILES string of the molecule is COc1cc(OC(=O)c2ccsc2)ccc1-c1ccc2c(c1COC(=O)C1=CCC(C)S1)C(C)=CC(C)(C)N2. The van der Waals surface area contributed by atoms with E-state index < -0.39 is 5.97 Å². The van der Waals surface area contributed by atoms with Gasteiger partial charge in [0.2, 0.25) is 0 Å². The number of thioether (sulfide) groups is 1. The predicted octanol–water partition coefficient (Wildman–Crippen LogP) is 7.70. The fraction of sp³-hybridized carbons (Fsp3) is 0.290. The molecule has 39 heavy (non-hydrogen) atoms. The number of anilines is 1. The lowest BCUT2D eigenvalue weighted by Crippen LogP contribution is -2.32. The van der Waals surface area contributed by atoms with Gasteiger partial charge in [-0.3, -0.25) is 0 Å². The molecule has 1 unspecified atom stereocenters. The van der Waals surface area contributed by atoms with Crippen molar-refractivity contribution < 1.29 is 23.8 Å². The Bertz CT molecular complexity index is 1490. The largest absolute Gasteiger partial charge is 0.496 e. The molecule has 0 amide bonds. The third-order valence-electron chi connectivity index (χ3n) is 6.68. The van der Waals surface area contributed by atoms with Gasteiger partial charge in [0.1, 0.15) is 18.1 Å². The number of methoxy groups -OCH3 is 1. The molecule has 0 spiro atoms. The summed E-state index contributed by atoms with van der Waals surface area (Å²) in [5.74, 6) is 0.208. The van der Waals surface area contributed by atoms with E-state index in [4.69, 9.17) is 14.2 Å². The van der Waals surface area contributed by atoms with Crippen LogP contribution in [0.2, 0.25) is 0 Å². The Kier molecular flexibility index (Phi) is 7.60. The molecule has 8 heteroatoms. The maximum Gasteiger partial charge on any atom is 0.344 e. The summed E-state index contributed by atoms with van der Waals surface area (Å²) in [4.78, 5) is 26.1. The van der Waals surface area contributed by atoms with Gasteiger partial charge in [-0.15, -0.1) is 11.8 Å². The Balaban J connectivity index is 1.52. The number of esters is 2. The predicted molar refractivity (Wildman–Crippen MR) is 159 cm³/mol. The third kappa shape index (κ3) is 5.77. The van der Waals surface area contributed by atoms with Crippen LogP contribution in [0.1, 0.15) is 55.6 Å². The average Bonchev–Trinajstić information content (AvgIpc) is 3.58. The molecule has 1 atom stereocenters. The Hall–Kier alpha value is -3.49. The van der Waals surface area contributed by atoms with Crippen LogP contribution in [0.4, 0.5) is 5.69 Å². The number of fused-ring (bicyclic) bond motifs is 1. The van der Waals surface area contributed by atoms with E-state index in [1.54, 1.807) is 42.5 Å². The van der Waals surface area contributed by atoms with Crippen LogP contribution in [0, 0.1) is 0 Å². The number of hydrogen-bond acceptors (Lipinski definition) is 8. The Morgan fingerprint density at radius 1 is 1.10 bits per heavy atom. The van der Waals surface area contributed by atoms with Crippen LogP contribution < -0.4 is 14.8 Å². The van der Waals surface area contributed by atoms with Gasteiger partial charge in [-0.2, -0.15) is 11.3 Å². The monoisotopic (exact) mass is 561 g/mol. The van der Waals surface area contributed by atoms with Crippen molar-refractivity contribution in [3.05, 3.63) is 80.9 Å². The molecule has 0 saturated carbocycles. The quantitative estimate of drug-likeness (QED) is 0.234. The summed E-state index contributed by atoms with van der Waals surface area (Å²) in [6, 6.07) is 11.1. The minimum Gasteiger partial charge on any atom is -0.496 e. The van der Waals surface area contributed by atoms with E-state index in [1.807, 2.05) is 23.6 Å². The number of ether oxygens (including phenoxy) is 3. The number of nitrogens with one attached hydrogen (secondary N) is 1. The Morgan fingerprint density at radius 2 is 1.90 bits per heavy atom. The fourth-order valence-corrected chi connectivity index (χ4v) is 6.63. The molecule has 3 heterocycles. The van der Waals surface area contributed by atoms with E-state index in [-0.39, 0.29) is 18.1 Å². The van der Waals surface area contributed by atoms with Crippen LogP contribution in [0.5, 0.6) is 11.5 Å². The zero-order chi connectivity index (χ0) is 27.7. The fourth-order valence-electron chi connectivity index (χ4n) is 5.03. The molecule has 2 aromatic carbocycles.